The van der Waals surface area contributed by atoms with Crippen molar-refractivity contribution < 1.29 is 4.79 Å². The Labute approximate surface area is 143 Å². The Morgan fingerprint density at radius 1 is 0.958 bits per heavy atom. The van der Waals surface area contributed by atoms with Crippen LogP contribution < -0.4 is 5.73 Å². The van der Waals surface area contributed by atoms with Gasteiger partial charge in [0, 0.05) is 18.6 Å². The molecule has 124 valence electrons. The minimum atomic E-state index is -0.500. The van der Waals surface area contributed by atoms with E-state index in [0.717, 1.165) is 24.9 Å². The molecule has 2 aromatic carbocycles. The van der Waals surface area contributed by atoms with Crippen LogP contribution >= 0.6 is 0 Å². The molecule has 2 bridgehead atoms. The summed E-state index contributed by atoms with van der Waals surface area (Å²) in [5, 5.41) is 0. The highest BCUT2D eigenvalue weighted by Gasteiger charge is 2.51. The van der Waals surface area contributed by atoms with Gasteiger partial charge in [-0.3, -0.25) is 9.69 Å². The quantitative estimate of drug-likeness (QED) is 0.940. The second-order valence-electron chi connectivity index (χ2n) is 7.26. The Morgan fingerprint density at radius 3 is 2.04 bits per heavy atom. The molecular weight excluding hydrogens is 296 g/mol. The molecule has 2 fully saturated rings. The Balaban J connectivity index is 1.62. The average molecular weight is 320 g/mol. The number of rotatable bonds is 4. The van der Waals surface area contributed by atoms with Crippen molar-refractivity contribution in [2.24, 2.45) is 5.73 Å². The number of nitrogens with zero attached hydrogens (tertiary/aromatic N) is 1. The van der Waals surface area contributed by atoms with Crippen molar-refractivity contribution in [3.05, 3.63) is 71.8 Å². The molecule has 0 saturated carbocycles. The molecule has 2 aliphatic rings. The third kappa shape index (κ3) is 2.53. The molecule has 0 radical (unpaired) electrons. The number of piperidine rings is 1. The number of fused-ring (bicyclic) bond motifs is 2. The lowest BCUT2D eigenvalue weighted by Crippen LogP contribution is -2.54. The van der Waals surface area contributed by atoms with Gasteiger partial charge in [-0.2, -0.15) is 0 Å². The summed E-state index contributed by atoms with van der Waals surface area (Å²) in [6, 6.07) is 21.7. The van der Waals surface area contributed by atoms with Gasteiger partial charge in [-0.05, 0) is 36.8 Å². The zero-order valence-electron chi connectivity index (χ0n) is 13.9. The second-order valence-corrected chi connectivity index (χ2v) is 7.26. The van der Waals surface area contributed by atoms with E-state index >= 15 is 0 Å². The number of nitrogens with two attached hydrogens (primary N) is 1. The van der Waals surface area contributed by atoms with E-state index in [0.29, 0.717) is 12.1 Å². The van der Waals surface area contributed by atoms with E-state index in [1.54, 1.807) is 0 Å². The van der Waals surface area contributed by atoms with Gasteiger partial charge in [-0.1, -0.05) is 60.7 Å². The first-order chi connectivity index (χ1) is 11.7. The number of hydrogen-bond acceptors (Lipinski definition) is 2. The average Bonchev–Trinajstić information content (AvgIpc) is 2.85. The summed E-state index contributed by atoms with van der Waals surface area (Å²) in [5.74, 6) is -0.162. The molecule has 4 rings (SSSR count). The largest absolute Gasteiger partial charge is 0.369 e. The molecular formula is C21H24N2O. The van der Waals surface area contributed by atoms with Crippen LogP contribution in [0.3, 0.4) is 0 Å². The van der Waals surface area contributed by atoms with E-state index in [9.17, 15) is 4.79 Å². The van der Waals surface area contributed by atoms with E-state index in [1.807, 2.05) is 18.2 Å². The Kier molecular flexibility index (Phi) is 3.89. The Morgan fingerprint density at radius 2 is 1.50 bits per heavy atom. The maximum absolute atomic E-state index is 12.5. The van der Waals surface area contributed by atoms with Gasteiger partial charge in [-0.15, -0.1) is 0 Å². The first-order valence-electron chi connectivity index (χ1n) is 8.84. The summed E-state index contributed by atoms with van der Waals surface area (Å²) in [4.78, 5) is 15.1. The van der Waals surface area contributed by atoms with Crippen LogP contribution in [-0.2, 0) is 16.8 Å². The molecule has 1 amide bonds. The molecule has 2 N–H and O–H groups in total. The number of hydrogen-bond donors (Lipinski definition) is 1. The predicted molar refractivity (Wildman–Crippen MR) is 95.3 cm³/mol. The highest BCUT2D eigenvalue weighted by atomic mass is 16.1. The molecule has 2 aliphatic heterocycles. The second kappa shape index (κ2) is 6.06. The number of amides is 1. The summed E-state index contributed by atoms with van der Waals surface area (Å²) in [5.41, 5.74) is 7.87. The molecule has 3 nitrogen and oxygen atoms in total. The van der Waals surface area contributed by atoms with Gasteiger partial charge in [-0.25, -0.2) is 0 Å². The van der Waals surface area contributed by atoms with Crippen molar-refractivity contribution in [3.63, 3.8) is 0 Å². The molecule has 24 heavy (non-hydrogen) atoms. The number of carbonyl (C=O) groups is 1. The Hall–Kier alpha value is -2.13. The zero-order chi connectivity index (χ0) is 16.6. The molecule has 2 saturated heterocycles. The Bertz CT molecular complexity index is 699. The summed E-state index contributed by atoms with van der Waals surface area (Å²) < 4.78 is 0. The lowest BCUT2D eigenvalue weighted by atomic mass is 9.69. The predicted octanol–water partition coefficient (Wildman–Crippen LogP) is 3.24. The first-order valence-corrected chi connectivity index (χ1v) is 8.84. The van der Waals surface area contributed by atoms with E-state index in [2.05, 4.69) is 47.4 Å². The van der Waals surface area contributed by atoms with Crippen molar-refractivity contribution in [3.8, 4) is 0 Å². The normalized spacial score (nSPS) is 29.5. The number of benzene rings is 2. The summed E-state index contributed by atoms with van der Waals surface area (Å²) in [6.07, 6.45) is 4.02. The summed E-state index contributed by atoms with van der Waals surface area (Å²) in [7, 11) is 0. The monoisotopic (exact) mass is 320 g/mol. The maximum Gasteiger partial charge on any atom is 0.228 e. The molecule has 0 aromatic heterocycles. The van der Waals surface area contributed by atoms with E-state index in [4.69, 9.17) is 5.73 Å². The van der Waals surface area contributed by atoms with Gasteiger partial charge >= 0.3 is 0 Å². The van der Waals surface area contributed by atoms with Crippen molar-refractivity contribution in [1.82, 2.24) is 4.90 Å². The van der Waals surface area contributed by atoms with E-state index < -0.39 is 5.41 Å². The SMILES string of the molecule is NC(=O)C1(c2ccccc2)CC2CCC(C1)N2Cc1ccccc1. The van der Waals surface area contributed by atoms with Gasteiger partial charge in [0.05, 0.1) is 5.41 Å². The van der Waals surface area contributed by atoms with E-state index in [-0.39, 0.29) is 5.91 Å². The number of primary amides is 1. The van der Waals surface area contributed by atoms with Crippen molar-refractivity contribution in [2.45, 2.75) is 49.7 Å². The van der Waals surface area contributed by atoms with E-state index in [1.165, 1.54) is 18.4 Å². The lowest BCUT2D eigenvalue weighted by Gasteiger charge is -2.45. The maximum atomic E-state index is 12.5. The minimum Gasteiger partial charge on any atom is -0.369 e. The van der Waals surface area contributed by atoms with Gasteiger partial charge in [0.15, 0.2) is 0 Å². The van der Waals surface area contributed by atoms with Crippen LogP contribution in [0.5, 0.6) is 0 Å². The van der Waals surface area contributed by atoms with Gasteiger partial charge in [0.2, 0.25) is 5.91 Å². The number of carbonyl (C=O) groups excluding carboxylic acids is 1. The zero-order valence-corrected chi connectivity index (χ0v) is 13.9. The van der Waals surface area contributed by atoms with Crippen molar-refractivity contribution >= 4 is 5.91 Å². The fourth-order valence-electron chi connectivity index (χ4n) is 4.73. The fourth-order valence-corrected chi connectivity index (χ4v) is 4.73. The molecule has 3 heteroatoms. The van der Waals surface area contributed by atoms with Crippen LogP contribution in [0.25, 0.3) is 0 Å². The third-order valence-electron chi connectivity index (χ3n) is 5.95. The topological polar surface area (TPSA) is 46.3 Å². The van der Waals surface area contributed by atoms with Gasteiger partial charge in [0.25, 0.3) is 0 Å². The van der Waals surface area contributed by atoms with Crippen LogP contribution in [0, 0.1) is 0 Å². The van der Waals surface area contributed by atoms with Crippen LogP contribution in [-0.4, -0.2) is 22.9 Å². The van der Waals surface area contributed by atoms with Crippen LogP contribution in [0.15, 0.2) is 60.7 Å². The standard InChI is InChI=1S/C21H24N2O/c22-20(24)21(17-9-5-2-6-10-17)13-18-11-12-19(14-21)23(18)15-16-7-3-1-4-8-16/h1-10,18-19H,11-15H2,(H2,22,24). The molecule has 0 spiro atoms. The van der Waals surface area contributed by atoms with Gasteiger partial charge < -0.3 is 5.73 Å². The first kappa shape index (κ1) is 15.4. The summed E-state index contributed by atoms with van der Waals surface area (Å²) in [6.45, 7) is 0.972. The minimum absolute atomic E-state index is 0.162. The fraction of sp³-hybridized carbons (Fsp3) is 0.381. The molecule has 2 atom stereocenters. The van der Waals surface area contributed by atoms with Crippen molar-refractivity contribution in [1.29, 1.82) is 0 Å². The van der Waals surface area contributed by atoms with Crippen LogP contribution in [0.4, 0.5) is 0 Å². The summed E-state index contributed by atoms with van der Waals surface area (Å²) >= 11 is 0. The molecule has 2 aromatic rings. The van der Waals surface area contributed by atoms with Gasteiger partial charge in [0.1, 0.15) is 0 Å². The van der Waals surface area contributed by atoms with Crippen LogP contribution in [0.1, 0.15) is 36.8 Å². The molecule has 2 unspecified atom stereocenters. The lowest BCUT2D eigenvalue weighted by molar-refractivity contribution is -0.126. The molecule has 2 heterocycles. The van der Waals surface area contributed by atoms with Crippen molar-refractivity contribution in [2.75, 3.05) is 0 Å². The van der Waals surface area contributed by atoms with Crippen LogP contribution in [0.2, 0.25) is 0 Å². The third-order valence-corrected chi connectivity index (χ3v) is 5.95. The smallest absolute Gasteiger partial charge is 0.228 e. The highest BCUT2D eigenvalue weighted by Crippen LogP contribution is 2.47. The highest BCUT2D eigenvalue weighted by molar-refractivity contribution is 5.87. The molecule has 0 aliphatic carbocycles.